The van der Waals surface area contributed by atoms with Gasteiger partial charge in [0.25, 0.3) is 5.91 Å². The molecule has 2 aromatic rings. The zero-order chi connectivity index (χ0) is 24.7. The molecule has 0 aliphatic heterocycles. The van der Waals surface area contributed by atoms with Gasteiger partial charge in [0.05, 0.1) is 10.5 Å². The van der Waals surface area contributed by atoms with Gasteiger partial charge in [-0.05, 0) is 56.0 Å². The van der Waals surface area contributed by atoms with Crippen molar-refractivity contribution in [2.75, 3.05) is 0 Å². The van der Waals surface area contributed by atoms with Gasteiger partial charge in [0, 0.05) is 17.8 Å². The van der Waals surface area contributed by atoms with Crippen molar-refractivity contribution < 1.29 is 43.9 Å². The smallest absolute Gasteiger partial charge is 0.349 e. The van der Waals surface area contributed by atoms with E-state index >= 15 is 4.39 Å². The Morgan fingerprint density at radius 3 is 2.21 bits per heavy atom. The second-order valence-corrected chi connectivity index (χ2v) is 9.80. The molecule has 0 spiro atoms. The fraction of sp³-hybridized carbons (Fsp3) is 0.400. The summed E-state index contributed by atoms with van der Waals surface area (Å²) in [5, 5.41) is -0.421. The summed E-state index contributed by atoms with van der Waals surface area (Å²) in [5.74, 6) is -0.875. The number of sulfone groups is 1. The van der Waals surface area contributed by atoms with Crippen molar-refractivity contribution in [2.24, 2.45) is 0 Å². The number of rotatable bonds is 4. The first-order valence-electron chi connectivity index (χ1n) is 9.58. The van der Waals surface area contributed by atoms with Gasteiger partial charge in [0.2, 0.25) is 14.8 Å². The number of benzene rings is 1. The maximum atomic E-state index is 15.4. The van der Waals surface area contributed by atoms with Crippen LogP contribution in [0.2, 0.25) is 0 Å². The molecule has 1 aromatic heterocycles. The summed E-state index contributed by atoms with van der Waals surface area (Å²) in [6, 6.07) is 3.66. The third-order valence-electron chi connectivity index (χ3n) is 5.33. The van der Waals surface area contributed by atoms with Gasteiger partial charge in [-0.1, -0.05) is 6.07 Å². The molecule has 1 heterocycles. The SMILES string of the molecule is O=C(N[C@H]1CC[C@@](F)(S(=O)(=O)c2cccc(C(F)(F)F)c2)CC1)c1ccnc(C(F)(F)F)c1. The Morgan fingerprint density at radius 1 is 1.00 bits per heavy atom. The number of nitrogens with one attached hydrogen (secondary N) is 1. The molecular weight excluding hydrogens is 481 g/mol. The van der Waals surface area contributed by atoms with Crippen molar-refractivity contribution in [3.05, 3.63) is 59.4 Å². The molecule has 0 bridgehead atoms. The summed E-state index contributed by atoms with van der Waals surface area (Å²) in [4.78, 5) is 14.6. The standard InChI is InChI=1S/C20H17F7N2O3S/c21-18(33(31,32)15-3-1-2-13(11-15)19(22,23)24)7-4-14(5-8-18)29-17(30)12-6-9-28-16(10-12)20(25,26)27/h1-3,6,9-11,14H,4-5,7-8H2,(H,29,30)/t14-,18+. The van der Waals surface area contributed by atoms with Gasteiger partial charge >= 0.3 is 12.4 Å². The van der Waals surface area contributed by atoms with Crippen LogP contribution >= 0.6 is 0 Å². The summed E-state index contributed by atoms with van der Waals surface area (Å²) in [5.41, 5.74) is -2.83. The maximum Gasteiger partial charge on any atom is 0.433 e. The Morgan fingerprint density at radius 2 is 1.64 bits per heavy atom. The average Bonchev–Trinajstić information content (AvgIpc) is 2.74. The Balaban J connectivity index is 1.70. The van der Waals surface area contributed by atoms with E-state index in [0.29, 0.717) is 18.2 Å². The van der Waals surface area contributed by atoms with Crippen molar-refractivity contribution in [1.82, 2.24) is 10.3 Å². The summed E-state index contributed by atoms with van der Waals surface area (Å²) >= 11 is 0. The second-order valence-electron chi connectivity index (χ2n) is 7.59. The molecule has 1 amide bonds. The molecule has 180 valence electrons. The molecule has 1 fully saturated rings. The topological polar surface area (TPSA) is 76.1 Å². The fourth-order valence-electron chi connectivity index (χ4n) is 3.51. The lowest BCUT2D eigenvalue weighted by Crippen LogP contribution is -2.45. The van der Waals surface area contributed by atoms with Crippen LogP contribution in [0.1, 0.15) is 47.3 Å². The minimum absolute atomic E-state index is 0.183. The van der Waals surface area contributed by atoms with Gasteiger partial charge in [0.1, 0.15) is 5.69 Å². The zero-order valence-electron chi connectivity index (χ0n) is 16.7. The van der Waals surface area contributed by atoms with Crippen molar-refractivity contribution in [1.29, 1.82) is 0 Å². The molecule has 13 heteroatoms. The Kier molecular flexibility index (Phi) is 6.48. The van der Waals surface area contributed by atoms with Gasteiger partial charge in [-0.2, -0.15) is 26.3 Å². The molecule has 33 heavy (non-hydrogen) atoms. The highest BCUT2D eigenvalue weighted by atomic mass is 32.2. The highest BCUT2D eigenvalue weighted by Gasteiger charge is 2.48. The van der Waals surface area contributed by atoms with E-state index in [0.717, 1.165) is 24.4 Å². The number of nitrogens with zero attached hydrogens (tertiary/aromatic N) is 1. The molecule has 1 aromatic carbocycles. The maximum absolute atomic E-state index is 15.4. The molecule has 1 saturated carbocycles. The minimum atomic E-state index is -4.81. The lowest BCUT2D eigenvalue weighted by Gasteiger charge is -2.34. The van der Waals surface area contributed by atoms with Crippen LogP contribution in [0.5, 0.6) is 0 Å². The van der Waals surface area contributed by atoms with Crippen molar-refractivity contribution in [2.45, 2.75) is 54.0 Å². The third kappa shape index (κ3) is 5.28. The number of halogens is 7. The molecular formula is C20H17F7N2O3S. The van der Waals surface area contributed by atoms with E-state index in [1.54, 1.807) is 0 Å². The molecule has 5 nitrogen and oxygen atoms in total. The van der Waals surface area contributed by atoms with Crippen molar-refractivity contribution in [3.8, 4) is 0 Å². The monoisotopic (exact) mass is 498 g/mol. The Bertz CT molecular complexity index is 1140. The second kappa shape index (κ2) is 8.58. The van der Waals surface area contributed by atoms with E-state index in [2.05, 4.69) is 10.3 Å². The highest BCUT2D eigenvalue weighted by molar-refractivity contribution is 7.92. The van der Waals surface area contributed by atoms with Crippen molar-refractivity contribution in [3.63, 3.8) is 0 Å². The van der Waals surface area contributed by atoms with Crippen LogP contribution in [0.25, 0.3) is 0 Å². The van der Waals surface area contributed by atoms with Gasteiger partial charge in [-0.25, -0.2) is 12.8 Å². The first-order chi connectivity index (χ1) is 15.1. The van der Waals surface area contributed by atoms with E-state index in [-0.39, 0.29) is 18.4 Å². The van der Waals surface area contributed by atoms with E-state index in [9.17, 15) is 39.6 Å². The summed E-state index contributed by atoms with van der Waals surface area (Å²) in [7, 11) is -4.78. The first kappa shape index (κ1) is 24.9. The van der Waals surface area contributed by atoms with Gasteiger partial charge in [-0.3, -0.25) is 9.78 Å². The molecule has 0 atom stereocenters. The van der Waals surface area contributed by atoms with E-state index in [4.69, 9.17) is 0 Å². The van der Waals surface area contributed by atoms with Crippen LogP contribution < -0.4 is 5.32 Å². The van der Waals surface area contributed by atoms with Crippen LogP contribution in [0.4, 0.5) is 30.7 Å². The minimum Gasteiger partial charge on any atom is -0.349 e. The molecule has 0 saturated heterocycles. The zero-order valence-corrected chi connectivity index (χ0v) is 17.5. The fourth-order valence-corrected chi connectivity index (χ4v) is 5.24. The van der Waals surface area contributed by atoms with Gasteiger partial charge in [0.15, 0.2) is 0 Å². The van der Waals surface area contributed by atoms with E-state index in [1.807, 2.05) is 0 Å². The molecule has 3 rings (SSSR count). The van der Waals surface area contributed by atoms with Gasteiger partial charge < -0.3 is 5.32 Å². The number of amides is 1. The number of aromatic nitrogens is 1. The van der Waals surface area contributed by atoms with Crippen LogP contribution in [-0.4, -0.2) is 30.4 Å². The summed E-state index contributed by atoms with van der Waals surface area (Å²) < 4.78 is 118. The van der Waals surface area contributed by atoms with Crippen LogP contribution in [0.3, 0.4) is 0 Å². The number of hydrogen-bond donors (Lipinski definition) is 1. The molecule has 1 aliphatic rings. The van der Waals surface area contributed by atoms with Crippen molar-refractivity contribution >= 4 is 15.7 Å². The predicted octanol–water partition coefficient (Wildman–Crippen LogP) is 4.93. The average molecular weight is 498 g/mol. The summed E-state index contributed by atoms with van der Waals surface area (Å²) in [6.45, 7) is 0. The predicted molar refractivity (Wildman–Crippen MR) is 101 cm³/mol. The molecule has 0 radical (unpaired) electrons. The van der Waals surface area contributed by atoms with Crippen LogP contribution in [-0.2, 0) is 22.2 Å². The summed E-state index contributed by atoms with van der Waals surface area (Å²) in [6.07, 6.45) is -10.3. The number of carbonyl (C=O) groups excluding carboxylic acids is 1. The molecule has 1 aliphatic carbocycles. The van der Waals surface area contributed by atoms with Gasteiger partial charge in [-0.15, -0.1) is 0 Å². The number of alkyl halides is 7. The lowest BCUT2D eigenvalue weighted by atomic mass is 9.93. The van der Waals surface area contributed by atoms with Crippen LogP contribution in [0.15, 0.2) is 47.5 Å². The molecule has 1 N–H and O–H groups in total. The van der Waals surface area contributed by atoms with E-state index < -0.39 is 68.1 Å². The third-order valence-corrected chi connectivity index (χ3v) is 7.58. The normalized spacial score (nSPS) is 22.1. The van der Waals surface area contributed by atoms with Crippen LogP contribution in [0, 0.1) is 0 Å². The number of pyridine rings is 1. The van der Waals surface area contributed by atoms with E-state index in [1.165, 1.54) is 0 Å². The first-order valence-corrected chi connectivity index (χ1v) is 11.1. The molecule has 0 unspecified atom stereocenters. The Hall–Kier alpha value is -2.70. The number of carbonyl (C=O) groups is 1. The number of hydrogen-bond acceptors (Lipinski definition) is 4. The quantitative estimate of drug-likeness (QED) is 0.607. The lowest BCUT2D eigenvalue weighted by molar-refractivity contribution is -0.141. The highest BCUT2D eigenvalue weighted by Crippen LogP contribution is 2.41. The largest absolute Gasteiger partial charge is 0.433 e. The Labute approximate surface area is 183 Å².